The highest BCUT2D eigenvalue weighted by atomic mass is 15.1. The first-order valence-electron chi connectivity index (χ1n) is 4.92. The van der Waals surface area contributed by atoms with Crippen molar-refractivity contribution in [3.63, 3.8) is 0 Å². The van der Waals surface area contributed by atoms with Crippen molar-refractivity contribution in [3.8, 4) is 5.69 Å². The van der Waals surface area contributed by atoms with Gasteiger partial charge in [0.2, 0.25) is 0 Å². The van der Waals surface area contributed by atoms with Crippen molar-refractivity contribution in [3.05, 3.63) is 48.4 Å². The first-order chi connectivity index (χ1) is 7.36. The largest absolute Gasteiger partial charge is 0.323 e. The summed E-state index contributed by atoms with van der Waals surface area (Å²) in [6.07, 6.45) is 5.97. The van der Waals surface area contributed by atoms with Crippen molar-refractivity contribution in [2.45, 2.75) is 6.92 Å². The molecule has 15 heavy (non-hydrogen) atoms. The average Bonchev–Trinajstić information content (AvgIpc) is 2.85. The maximum atomic E-state index is 4.07. The second kappa shape index (κ2) is 2.98. The summed E-state index contributed by atoms with van der Waals surface area (Å²) in [6, 6.07) is 8.22. The molecule has 3 heteroatoms. The van der Waals surface area contributed by atoms with Gasteiger partial charge in [0.25, 0.3) is 0 Å². The van der Waals surface area contributed by atoms with Gasteiger partial charge in [-0.3, -0.25) is 5.10 Å². The van der Waals surface area contributed by atoms with E-state index in [2.05, 4.69) is 46.2 Å². The molecule has 3 rings (SSSR count). The lowest BCUT2D eigenvalue weighted by Crippen LogP contribution is -1.93. The molecule has 0 aliphatic rings. The lowest BCUT2D eigenvalue weighted by atomic mass is 10.1. The third-order valence-electron chi connectivity index (χ3n) is 2.66. The van der Waals surface area contributed by atoms with E-state index < -0.39 is 0 Å². The summed E-state index contributed by atoms with van der Waals surface area (Å²) in [6.45, 7) is 2.11. The van der Waals surface area contributed by atoms with Crippen LogP contribution in [0, 0.1) is 6.92 Å². The summed E-state index contributed by atoms with van der Waals surface area (Å²) in [5.41, 5.74) is 3.52. The fourth-order valence-corrected chi connectivity index (χ4v) is 1.94. The van der Waals surface area contributed by atoms with Crippen molar-refractivity contribution in [1.29, 1.82) is 0 Å². The number of hydrogen-bond donors (Lipinski definition) is 1. The zero-order chi connectivity index (χ0) is 10.3. The second-order valence-corrected chi connectivity index (χ2v) is 3.65. The molecule has 3 aromatic rings. The van der Waals surface area contributed by atoms with Crippen molar-refractivity contribution in [2.24, 2.45) is 0 Å². The maximum Gasteiger partial charge on any atom is 0.0671 e. The molecular weight excluding hydrogens is 186 g/mol. The molecule has 0 saturated carbocycles. The summed E-state index contributed by atoms with van der Waals surface area (Å²) >= 11 is 0. The fourth-order valence-electron chi connectivity index (χ4n) is 1.94. The highest BCUT2D eigenvalue weighted by molar-refractivity contribution is 5.88. The lowest BCUT2D eigenvalue weighted by Gasteiger charge is -2.08. The van der Waals surface area contributed by atoms with E-state index >= 15 is 0 Å². The van der Waals surface area contributed by atoms with Gasteiger partial charge < -0.3 is 4.57 Å². The van der Waals surface area contributed by atoms with Gasteiger partial charge in [-0.15, -0.1) is 0 Å². The smallest absolute Gasteiger partial charge is 0.0671 e. The first-order valence-corrected chi connectivity index (χ1v) is 4.92. The number of aromatic nitrogens is 3. The number of benzene rings is 1. The molecule has 0 radical (unpaired) electrons. The van der Waals surface area contributed by atoms with Crippen LogP contribution in [0.2, 0.25) is 0 Å². The molecule has 0 amide bonds. The van der Waals surface area contributed by atoms with E-state index in [1.54, 1.807) is 0 Å². The first kappa shape index (κ1) is 8.29. The van der Waals surface area contributed by atoms with Crippen LogP contribution < -0.4 is 0 Å². The highest BCUT2D eigenvalue weighted by Gasteiger charge is 2.06. The molecular formula is C12H11N3. The maximum absolute atomic E-state index is 4.07. The number of rotatable bonds is 1. The molecule has 0 atom stereocenters. The summed E-state index contributed by atoms with van der Waals surface area (Å²) in [5, 5.41) is 8.22. The van der Waals surface area contributed by atoms with E-state index in [0.717, 1.165) is 10.9 Å². The number of aryl methyl sites for hydroxylation is 1. The lowest BCUT2D eigenvalue weighted by molar-refractivity contribution is 1.08. The standard InChI is InChI=1S/C12H11N3/c1-9-4-5-11-10(8-13-14-11)12(9)15-6-2-3-7-15/h2-8H,1H3,(H,13,14). The molecule has 0 unspecified atom stereocenters. The van der Waals surface area contributed by atoms with Gasteiger partial charge in [0.1, 0.15) is 0 Å². The van der Waals surface area contributed by atoms with Gasteiger partial charge in [-0.1, -0.05) is 6.07 Å². The Labute approximate surface area is 87.4 Å². The van der Waals surface area contributed by atoms with Crippen LogP contribution in [0.5, 0.6) is 0 Å². The zero-order valence-electron chi connectivity index (χ0n) is 8.44. The van der Waals surface area contributed by atoms with Gasteiger partial charge in [0.15, 0.2) is 0 Å². The minimum atomic E-state index is 1.07. The summed E-state index contributed by atoms with van der Waals surface area (Å²) in [5.74, 6) is 0. The Balaban J connectivity index is 2.41. The molecule has 0 spiro atoms. The van der Waals surface area contributed by atoms with E-state index in [9.17, 15) is 0 Å². The number of H-pyrrole nitrogens is 1. The highest BCUT2D eigenvalue weighted by Crippen LogP contribution is 2.24. The molecule has 0 aliphatic carbocycles. The van der Waals surface area contributed by atoms with E-state index in [4.69, 9.17) is 0 Å². The van der Waals surface area contributed by atoms with E-state index in [1.807, 2.05) is 18.3 Å². The topological polar surface area (TPSA) is 33.6 Å². The third-order valence-corrected chi connectivity index (χ3v) is 2.66. The van der Waals surface area contributed by atoms with Crippen molar-refractivity contribution in [1.82, 2.24) is 14.8 Å². The third kappa shape index (κ3) is 1.16. The molecule has 0 aliphatic heterocycles. The van der Waals surface area contributed by atoms with Crippen LogP contribution in [0.25, 0.3) is 16.6 Å². The summed E-state index contributed by atoms with van der Waals surface area (Å²) in [4.78, 5) is 0. The predicted octanol–water partition coefficient (Wildman–Crippen LogP) is 2.66. The molecule has 74 valence electrons. The predicted molar refractivity (Wildman–Crippen MR) is 60.2 cm³/mol. The van der Waals surface area contributed by atoms with Gasteiger partial charge in [-0.2, -0.15) is 5.10 Å². The molecule has 3 nitrogen and oxygen atoms in total. The van der Waals surface area contributed by atoms with Crippen LogP contribution in [-0.4, -0.2) is 14.8 Å². The Morgan fingerprint density at radius 2 is 2.00 bits per heavy atom. The number of fused-ring (bicyclic) bond motifs is 1. The average molecular weight is 197 g/mol. The Hall–Kier alpha value is -2.03. The van der Waals surface area contributed by atoms with Crippen LogP contribution in [0.3, 0.4) is 0 Å². The Morgan fingerprint density at radius 1 is 1.20 bits per heavy atom. The Morgan fingerprint density at radius 3 is 2.80 bits per heavy atom. The van der Waals surface area contributed by atoms with Crippen molar-refractivity contribution >= 4 is 10.9 Å². The van der Waals surface area contributed by atoms with Crippen LogP contribution in [0.1, 0.15) is 5.56 Å². The van der Waals surface area contributed by atoms with E-state index in [0.29, 0.717) is 0 Å². The van der Waals surface area contributed by atoms with Crippen molar-refractivity contribution in [2.75, 3.05) is 0 Å². The van der Waals surface area contributed by atoms with E-state index in [1.165, 1.54) is 11.3 Å². The van der Waals surface area contributed by atoms with Crippen LogP contribution in [0.15, 0.2) is 42.9 Å². The van der Waals surface area contributed by atoms with Gasteiger partial charge >= 0.3 is 0 Å². The quantitative estimate of drug-likeness (QED) is 0.639. The van der Waals surface area contributed by atoms with Gasteiger partial charge in [-0.05, 0) is 30.7 Å². The number of hydrogen-bond acceptors (Lipinski definition) is 1. The van der Waals surface area contributed by atoms with Crippen molar-refractivity contribution < 1.29 is 0 Å². The Bertz CT molecular complexity index is 590. The number of nitrogens with zero attached hydrogens (tertiary/aromatic N) is 2. The summed E-state index contributed by atoms with van der Waals surface area (Å²) in [7, 11) is 0. The Kier molecular flexibility index (Phi) is 1.65. The van der Waals surface area contributed by atoms with E-state index in [-0.39, 0.29) is 0 Å². The van der Waals surface area contributed by atoms with Gasteiger partial charge in [0.05, 0.1) is 17.4 Å². The molecule has 2 aromatic heterocycles. The minimum absolute atomic E-state index is 1.07. The summed E-state index contributed by atoms with van der Waals surface area (Å²) < 4.78 is 2.12. The normalized spacial score (nSPS) is 11.0. The zero-order valence-corrected chi connectivity index (χ0v) is 8.44. The molecule has 1 aromatic carbocycles. The SMILES string of the molecule is Cc1ccc2[nH]ncc2c1-n1cccc1. The van der Waals surface area contributed by atoms with Crippen LogP contribution >= 0.6 is 0 Å². The molecule has 1 N–H and O–H groups in total. The molecule has 0 fully saturated rings. The number of aromatic amines is 1. The number of nitrogens with one attached hydrogen (secondary N) is 1. The molecule has 0 bridgehead atoms. The molecule has 0 saturated heterocycles. The van der Waals surface area contributed by atoms with Crippen LogP contribution in [0.4, 0.5) is 0 Å². The van der Waals surface area contributed by atoms with Crippen LogP contribution in [-0.2, 0) is 0 Å². The fraction of sp³-hybridized carbons (Fsp3) is 0.0833. The van der Waals surface area contributed by atoms with Gasteiger partial charge in [-0.25, -0.2) is 0 Å². The molecule has 2 heterocycles. The minimum Gasteiger partial charge on any atom is -0.323 e. The van der Waals surface area contributed by atoms with Gasteiger partial charge in [0, 0.05) is 17.8 Å². The monoisotopic (exact) mass is 197 g/mol. The second-order valence-electron chi connectivity index (χ2n) is 3.65.